The maximum atomic E-state index is 12.7. The van der Waals surface area contributed by atoms with Gasteiger partial charge in [0, 0.05) is 32.1 Å². The SMILES string of the molecule is Cc1nc2c(Cl)cc(Cl)cn2c1C(=O)N1CCC(=O)CC1. The van der Waals surface area contributed by atoms with Gasteiger partial charge in [0.05, 0.1) is 15.7 Å². The molecule has 0 aromatic carbocycles. The smallest absolute Gasteiger partial charge is 0.272 e. The molecule has 3 heterocycles. The van der Waals surface area contributed by atoms with Crippen molar-refractivity contribution in [2.45, 2.75) is 19.8 Å². The number of nitrogens with zero attached hydrogens (tertiary/aromatic N) is 3. The molecule has 0 radical (unpaired) electrons. The summed E-state index contributed by atoms with van der Waals surface area (Å²) >= 11 is 12.1. The Balaban J connectivity index is 2.05. The molecule has 21 heavy (non-hydrogen) atoms. The van der Waals surface area contributed by atoms with Gasteiger partial charge in [0.2, 0.25) is 0 Å². The summed E-state index contributed by atoms with van der Waals surface area (Å²) in [5.41, 5.74) is 1.56. The lowest BCUT2D eigenvalue weighted by Crippen LogP contribution is -2.39. The number of carbonyl (C=O) groups excluding carboxylic acids is 2. The Morgan fingerprint density at radius 2 is 1.95 bits per heavy atom. The van der Waals surface area contributed by atoms with Gasteiger partial charge in [-0.05, 0) is 13.0 Å². The number of hydrogen-bond acceptors (Lipinski definition) is 3. The van der Waals surface area contributed by atoms with Crippen molar-refractivity contribution in [1.82, 2.24) is 14.3 Å². The molecule has 7 heteroatoms. The molecule has 1 aliphatic rings. The molecule has 0 N–H and O–H groups in total. The van der Waals surface area contributed by atoms with Gasteiger partial charge in [0.1, 0.15) is 11.5 Å². The number of rotatable bonds is 1. The van der Waals surface area contributed by atoms with E-state index in [2.05, 4.69) is 4.98 Å². The van der Waals surface area contributed by atoms with Crippen LogP contribution in [0.3, 0.4) is 0 Å². The van der Waals surface area contributed by atoms with E-state index >= 15 is 0 Å². The number of likely N-dealkylation sites (tertiary alicyclic amines) is 1. The zero-order chi connectivity index (χ0) is 15.1. The number of aromatic nitrogens is 2. The summed E-state index contributed by atoms with van der Waals surface area (Å²) in [5.74, 6) is 0.0471. The van der Waals surface area contributed by atoms with Gasteiger partial charge >= 0.3 is 0 Å². The maximum Gasteiger partial charge on any atom is 0.272 e. The van der Waals surface area contributed by atoms with Crippen LogP contribution in [0, 0.1) is 6.92 Å². The third-order valence-corrected chi connectivity index (χ3v) is 4.11. The molecule has 0 spiro atoms. The van der Waals surface area contributed by atoms with Crippen molar-refractivity contribution >= 4 is 40.5 Å². The van der Waals surface area contributed by atoms with Gasteiger partial charge in [0.15, 0.2) is 5.65 Å². The molecule has 0 bridgehead atoms. The van der Waals surface area contributed by atoms with Gasteiger partial charge in [-0.15, -0.1) is 0 Å². The normalized spacial score (nSPS) is 15.8. The number of amides is 1. The van der Waals surface area contributed by atoms with Crippen LogP contribution >= 0.6 is 23.2 Å². The first kappa shape index (κ1) is 14.4. The van der Waals surface area contributed by atoms with Crippen LogP contribution < -0.4 is 0 Å². The lowest BCUT2D eigenvalue weighted by Gasteiger charge is -2.26. The van der Waals surface area contributed by atoms with Crippen molar-refractivity contribution in [2.75, 3.05) is 13.1 Å². The number of fused-ring (bicyclic) bond motifs is 1. The monoisotopic (exact) mass is 325 g/mol. The summed E-state index contributed by atoms with van der Waals surface area (Å²) in [6, 6.07) is 1.60. The first-order valence-corrected chi connectivity index (χ1v) is 7.37. The summed E-state index contributed by atoms with van der Waals surface area (Å²) in [7, 11) is 0. The molecule has 1 fully saturated rings. The zero-order valence-corrected chi connectivity index (χ0v) is 12.9. The molecular weight excluding hydrogens is 313 g/mol. The summed E-state index contributed by atoms with van der Waals surface area (Å²) in [5, 5.41) is 0.839. The molecular formula is C14H13Cl2N3O2. The van der Waals surface area contributed by atoms with Crippen LogP contribution in [-0.4, -0.2) is 39.1 Å². The van der Waals surface area contributed by atoms with Crippen molar-refractivity contribution < 1.29 is 9.59 Å². The highest BCUT2D eigenvalue weighted by molar-refractivity contribution is 6.36. The van der Waals surface area contributed by atoms with Crippen molar-refractivity contribution in [3.05, 3.63) is 33.7 Å². The summed E-state index contributed by atoms with van der Waals surface area (Å²) in [6.07, 6.45) is 2.44. The van der Waals surface area contributed by atoms with Gasteiger partial charge < -0.3 is 4.90 Å². The van der Waals surface area contributed by atoms with Gasteiger partial charge in [-0.25, -0.2) is 4.98 Å². The van der Waals surface area contributed by atoms with Crippen molar-refractivity contribution in [3.8, 4) is 0 Å². The van der Waals surface area contributed by atoms with Gasteiger partial charge in [-0.3, -0.25) is 14.0 Å². The highest BCUT2D eigenvalue weighted by Crippen LogP contribution is 2.25. The second kappa shape index (κ2) is 5.31. The van der Waals surface area contributed by atoms with Crippen LogP contribution in [0.1, 0.15) is 29.0 Å². The average Bonchev–Trinajstić information content (AvgIpc) is 2.75. The Morgan fingerprint density at radius 3 is 2.62 bits per heavy atom. The van der Waals surface area contributed by atoms with Crippen molar-refractivity contribution in [2.24, 2.45) is 0 Å². The Kier molecular flexibility index (Phi) is 3.63. The van der Waals surface area contributed by atoms with Crippen molar-refractivity contribution in [1.29, 1.82) is 0 Å². The average molecular weight is 326 g/mol. The van der Waals surface area contributed by atoms with Crippen LogP contribution in [0.15, 0.2) is 12.3 Å². The van der Waals surface area contributed by atoms with Crippen LogP contribution in [0.4, 0.5) is 0 Å². The number of carbonyl (C=O) groups is 2. The van der Waals surface area contributed by atoms with Crippen LogP contribution in [0.5, 0.6) is 0 Å². The Bertz CT molecular complexity index is 744. The molecule has 2 aromatic rings. The number of Topliss-reactive ketones (excluding diaryl/α,β-unsaturated/α-hetero) is 1. The number of aryl methyl sites for hydroxylation is 1. The molecule has 1 saturated heterocycles. The maximum absolute atomic E-state index is 12.7. The van der Waals surface area contributed by atoms with Crippen LogP contribution in [0.25, 0.3) is 5.65 Å². The van der Waals surface area contributed by atoms with Crippen molar-refractivity contribution in [3.63, 3.8) is 0 Å². The fourth-order valence-corrected chi connectivity index (χ4v) is 3.07. The second-order valence-electron chi connectivity index (χ2n) is 5.08. The largest absolute Gasteiger partial charge is 0.336 e. The fraction of sp³-hybridized carbons (Fsp3) is 0.357. The molecule has 110 valence electrons. The van der Waals surface area contributed by atoms with E-state index in [9.17, 15) is 9.59 Å². The molecule has 1 amide bonds. The van der Waals surface area contributed by atoms with E-state index in [0.717, 1.165) is 0 Å². The highest BCUT2D eigenvalue weighted by Gasteiger charge is 2.26. The molecule has 1 aliphatic heterocycles. The summed E-state index contributed by atoms with van der Waals surface area (Å²) < 4.78 is 1.62. The first-order chi connectivity index (χ1) is 9.97. The minimum absolute atomic E-state index is 0.147. The molecule has 0 aliphatic carbocycles. The third-order valence-electron chi connectivity index (χ3n) is 3.63. The van der Waals surface area contributed by atoms with Gasteiger partial charge in [-0.1, -0.05) is 23.2 Å². The van der Waals surface area contributed by atoms with E-state index in [-0.39, 0.29) is 11.7 Å². The van der Waals surface area contributed by atoms with E-state index in [0.29, 0.717) is 53.0 Å². The minimum Gasteiger partial charge on any atom is -0.336 e. The predicted octanol–water partition coefficient (Wildman–Crippen LogP) is 2.75. The van der Waals surface area contributed by atoms with Gasteiger partial charge in [-0.2, -0.15) is 0 Å². The molecule has 0 unspecified atom stereocenters. The molecule has 3 rings (SSSR count). The number of ketones is 1. The van der Waals surface area contributed by atoms with E-state index < -0.39 is 0 Å². The van der Waals surface area contributed by atoms with Crippen LogP contribution in [0.2, 0.25) is 10.0 Å². The quantitative estimate of drug-likeness (QED) is 0.810. The zero-order valence-electron chi connectivity index (χ0n) is 11.4. The molecule has 0 saturated carbocycles. The third kappa shape index (κ3) is 2.51. The lowest BCUT2D eigenvalue weighted by molar-refractivity contribution is -0.120. The Labute approximate surface area is 131 Å². The fourth-order valence-electron chi connectivity index (χ4n) is 2.55. The topological polar surface area (TPSA) is 54.7 Å². The minimum atomic E-state index is -0.147. The first-order valence-electron chi connectivity index (χ1n) is 6.62. The predicted molar refractivity (Wildman–Crippen MR) is 80.1 cm³/mol. The van der Waals surface area contributed by atoms with Crippen LogP contribution in [-0.2, 0) is 4.79 Å². The number of imidazole rings is 1. The van der Waals surface area contributed by atoms with E-state index in [1.54, 1.807) is 28.5 Å². The van der Waals surface area contributed by atoms with E-state index in [1.807, 2.05) is 0 Å². The summed E-state index contributed by atoms with van der Waals surface area (Å²) in [6.45, 7) is 2.65. The highest BCUT2D eigenvalue weighted by atomic mass is 35.5. The standard InChI is InChI=1S/C14H13Cl2N3O2/c1-8-12(14(21)18-4-2-10(20)3-5-18)19-7-9(15)6-11(16)13(19)17-8/h6-7H,2-5H2,1H3. The lowest BCUT2D eigenvalue weighted by atomic mass is 10.1. The molecule has 5 nitrogen and oxygen atoms in total. The Morgan fingerprint density at radius 1 is 1.29 bits per heavy atom. The number of hydrogen-bond donors (Lipinski definition) is 0. The van der Waals surface area contributed by atoms with Gasteiger partial charge in [0.25, 0.3) is 5.91 Å². The Hall–Kier alpha value is -1.59. The number of halogens is 2. The molecule has 2 aromatic heterocycles. The summed E-state index contributed by atoms with van der Waals surface area (Å²) in [4.78, 5) is 30.0. The number of pyridine rings is 1. The van der Waals surface area contributed by atoms with E-state index in [4.69, 9.17) is 23.2 Å². The number of piperidine rings is 1. The van der Waals surface area contributed by atoms with E-state index in [1.165, 1.54) is 0 Å². The molecule has 0 atom stereocenters. The second-order valence-corrected chi connectivity index (χ2v) is 5.92.